The van der Waals surface area contributed by atoms with Crippen molar-refractivity contribution in [1.29, 1.82) is 0 Å². The third-order valence-corrected chi connectivity index (χ3v) is 3.61. The second kappa shape index (κ2) is 6.19. The molecule has 0 unspecified atom stereocenters. The van der Waals surface area contributed by atoms with Crippen LogP contribution >= 0.6 is 12.2 Å². The lowest BCUT2D eigenvalue weighted by atomic mass is 10.2. The number of hydrogen-bond acceptors (Lipinski definition) is 4. The van der Waals surface area contributed by atoms with Crippen LogP contribution in [0.1, 0.15) is 25.2 Å². The summed E-state index contributed by atoms with van der Waals surface area (Å²) in [6.07, 6.45) is 0.961. The predicted octanol–water partition coefficient (Wildman–Crippen LogP) is 2.95. The van der Waals surface area contributed by atoms with Crippen LogP contribution in [-0.2, 0) is 0 Å². The highest BCUT2D eigenvalue weighted by molar-refractivity contribution is 7.71. The molecule has 0 radical (unpaired) electrons. The summed E-state index contributed by atoms with van der Waals surface area (Å²) in [4.78, 5) is 2.14. The molecule has 5 nitrogen and oxygen atoms in total. The quantitative estimate of drug-likeness (QED) is 0.861. The van der Waals surface area contributed by atoms with Gasteiger partial charge < -0.3 is 4.74 Å². The first-order valence-electron chi connectivity index (χ1n) is 6.56. The fourth-order valence-corrected chi connectivity index (χ4v) is 2.54. The Balaban J connectivity index is 2.50. The average molecular weight is 292 g/mol. The van der Waals surface area contributed by atoms with Crippen molar-refractivity contribution in [3.63, 3.8) is 0 Å². The molecule has 1 aromatic carbocycles. The van der Waals surface area contributed by atoms with E-state index in [4.69, 9.17) is 17.0 Å². The summed E-state index contributed by atoms with van der Waals surface area (Å²) < 4.78 is 7.76. The fraction of sp³-hybridized carbons (Fsp3) is 0.429. The van der Waals surface area contributed by atoms with Crippen molar-refractivity contribution in [3.05, 3.63) is 34.9 Å². The van der Waals surface area contributed by atoms with E-state index in [9.17, 15) is 0 Å². The smallest absolute Gasteiger partial charge is 0.199 e. The highest BCUT2D eigenvalue weighted by Gasteiger charge is 2.19. The maximum absolute atomic E-state index is 5.36. The molecule has 1 atom stereocenters. The van der Waals surface area contributed by atoms with E-state index in [2.05, 4.69) is 22.0 Å². The molecule has 1 N–H and O–H groups in total. The van der Waals surface area contributed by atoms with Crippen molar-refractivity contribution < 1.29 is 4.74 Å². The highest BCUT2D eigenvalue weighted by Crippen LogP contribution is 2.24. The Morgan fingerprint density at radius 1 is 1.35 bits per heavy atom. The third kappa shape index (κ3) is 2.76. The van der Waals surface area contributed by atoms with Gasteiger partial charge in [-0.2, -0.15) is 5.10 Å². The lowest BCUT2D eigenvalue weighted by Crippen LogP contribution is -2.22. The standard InChI is InChI=1S/C14H20N4OS/c1-5-12(17(2)3)13-15-16-14(20)18(13)10-6-8-11(19-4)9-7-10/h6-9,12H,5H2,1-4H3,(H,16,20)/t12-/m0/s1. The SMILES string of the molecule is CC[C@@H](c1n[nH]c(=S)n1-c1ccc(OC)cc1)N(C)C. The minimum atomic E-state index is 0.213. The molecule has 2 aromatic rings. The number of H-pyrrole nitrogens is 1. The van der Waals surface area contributed by atoms with Gasteiger partial charge in [-0.1, -0.05) is 6.92 Å². The molecule has 1 aromatic heterocycles. The van der Waals surface area contributed by atoms with Gasteiger partial charge >= 0.3 is 0 Å². The molecule has 0 spiro atoms. The van der Waals surface area contributed by atoms with E-state index in [1.165, 1.54) is 0 Å². The summed E-state index contributed by atoms with van der Waals surface area (Å²) in [5.41, 5.74) is 0.986. The van der Waals surface area contributed by atoms with Gasteiger partial charge in [0.05, 0.1) is 13.2 Å². The number of ether oxygens (including phenoxy) is 1. The van der Waals surface area contributed by atoms with Crippen LogP contribution in [0.25, 0.3) is 5.69 Å². The first kappa shape index (κ1) is 14.7. The van der Waals surface area contributed by atoms with Gasteiger partial charge in [-0.3, -0.25) is 14.6 Å². The van der Waals surface area contributed by atoms with Crippen molar-refractivity contribution in [2.24, 2.45) is 0 Å². The van der Waals surface area contributed by atoms with Gasteiger partial charge in [0.15, 0.2) is 10.6 Å². The number of aromatic nitrogens is 3. The van der Waals surface area contributed by atoms with E-state index in [0.717, 1.165) is 23.7 Å². The minimum absolute atomic E-state index is 0.213. The van der Waals surface area contributed by atoms with Gasteiger partial charge in [-0.05, 0) is 57.0 Å². The Hall–Kier alpha value is -1.66. The van der Waals surface area contributed by atoms with Crippen molar-refractivity contribution in [2.45, 2.75) is 19.4 Å². The second-order valence-corrected chi connectivity index (χ2v) is 5.19. The molecule has 0 aliphatic rings. The predicted molar refractivity (Wildman–Crippen MR) is 82.0 cm³/mol. The molecule has 0 bridgehead atoms. The van der Waals surface area contributed by atoms with Crippen molar-refractivity contribution in [3.8, 4) is 11.4 Å². The maximum atomic E-state index is 5.36. The van der Waals surface area contributed by atoms with Crippen LogP contribution in [0.4, 0.5) is 0 Å². The van der Waals surface area contributed by atoms with Crippen LogP contribution in [0.5, 0.6) is 5.75 Å². The Kier molecular flexibility index (Phi) is 4.57. The van der Waals surface area contributed by atoms with Crippen molar-refractivity contribution >= 4 is 12.2 Å². The zero-order valence-corrected chi connectivity index (χ0v) is 13.1. The summed E-state index contributed by atoms with van der Waals surface area (Å²) in [5.74, 6) is 1.75. The molecule has 108 valence electrons. The number of hydrogen-bond donors (Lipinski definition) is 1. The summed E-state index contributed by atoms with van der Waals surface area (Å²) in [6, 6.07) is 8.02. The number of nitrogens with zero attached hydrogens (tertiary/aromatic N) is 3. The van der Waals surface area contributed by atoms with Crippen LogP contribution < -0.4 is 4.74 Å². The van der Waals surface area contributed by atoms with Crippen LogP contribution in [0.2, 0.25) is 0 Å². The molecular weight excluding hydrogens is 272 g/mol. The Labute approximate surface area is 124 Å². The van der Waals surface area contributed by atoms with E-state index in [-0.39, 0.29) is 6.04 Å². The van der Waals surface area contributed by atoms with E-state index in [0.29, 0.717) is 4.77 Å². The monoisotopic (exact) mass is 292 g/mol. The zero-order valence-electron chi connectivity index (χ0n) is 12.3. The summed E-state index contributed by atoms with van der Waals surface area (Å²) in [6.45, 7) is 2.14. The normalized spacial score (nSPS) is 12.7. The molecule has 1 heterocycles. The molecule has 20 heavy (non-hydrogen) atoms. The zero-order chi connectivity index (χ0) is 14.7. The van der Waals surface area contributed by atoms with Gasteiger partial charge in [0.2, 0.25) is 0 Å². The van der Waals surface area contributed by atoms with Crippen LogP contribution in [0.15, 0.2) is 24.3 Å². The minimum Gasteiger partial charge on any atom is -0.497 e. The number of nitrogens with one attached hydrogen (secondary N) is 1. The molecule has 0 aliphatic carbocycles. The van der Waals surface area contributed by atoms with E-state index >= 15 is 0 Å². The number of methoxy groups -OCH3 is 1. The molecule has 0 saturated carbocycles. The molecule has 2 rings (SSSR count). The number of rotatable bonds is 5. The molecule has 0 amide bonds. The third-order valence-electron chi connectivity index (χ3n) is 3.34. The summed E-state index contributed by atoms with van der Waals surface area (Å²) >= 11 is 5.36. The van der Waals surface area contributed by atoms with Crippen LogP contribution in [0.3, 0.4) is 0 Å². The summed E-state index contributed by atoms with van der Waals surface area (Å²) in [5, 5.41) is 7.29. The molecule has 6 heteroatoms. The molecule has 0 fully saturated rings. The molecule has 0 aliphatic heterocycles. The highest BCUT2D eigenvalue weighted by atomic mass is 32.1. The first-order valence-corrected chi connectivity index (χ1v) is 6.97. The van der Waals surface area contributed by atoms with Crippen LogP contribution in [-0.4, -0.2) is 40.9 Å². The molecular formula is C14H20N4OS. The van der Waals surface area contributed by atoms with Gasteiger partial charge in [-0.25, -0.2) is 0 Å². The Morgan fingerprint density at radius 3 is 2.50 bits per heavy atom. The number of benzene rings is 1. The molecule has 0 saturated heterocycles. The Morgan fingerprint density at radius 2 is 2.00 bits per heavy atom. The van der Waals surface area contributed by atoms with Gasteiger partial charge in [0.25, 0.3) is 0 Å². The van der Waals surface area contributed by atoms with Crippen molar-refractivity contribution in [1.82, 2.24) is 19.7 Å². The lowest BCUT2D eigenvalue weighted by molar-refractivity contribution is 0.277. The van der Waals surface area contributed by atoms with Gasteiger partial charge in [-0.15, -0.1) is 0 Å². The van der Waals surface area contributed by atoms with Gasteiger partial charge in [0, 0.05) is 5.69 Å². The first-order chi connectivity index (χ1) is 9.58. The van der Waals surface area contributed by atoms with Crippen LogP contribution in [0, 0.1) is 4.77 Å². The lowest BCUT2D eigenvalue weighted by Gasteiger charge is -2.22. The fourth-order valence-electron chi connectivity index (χ4n) is 2.29. The number of aromatic amines is 1. The van der Waals surface area contributed by atoms with Gasteiger partial charge in [0.1, 0.15) is 5.75 Å². The second-order valence-electron chi connectivity index (χ2n) is 4.81. The Bertz CT molecular complexity index is 615. The summed E-state index contributed by atoms with van der Waals surface area (Å²) in [7, 11) is 5.75. The van der Waals surface area contributed by atoms with E-state index in [1.54, 1.807) is 7.11 Å². The van der Waals surface area contributed by atoms with Crippen molar-refractivity contribution in [2.75, 3.05) is 21.2 Å². The van der Waals surface area contributed by atoms with E-state index in [1.807, 2.05) is 42.9 Å². The topological polar surface area (TPSA) is 46.1 Å². The average Bonchev–Trinajstić information content (AvgIpc) is 2.81. The van der Waals surface area contributed by atoms with E-state index < -0.39 is 0 Å². The maximum Gasteiger partial charge on any atom is 0.199 e. The largest absolute Gasteiger partial charge is 0.497 e.